The SMILES string of the molecule is CC(O)c1cccc(S(=O)(=O)NCCc2ccncc2)c1. The Morgan fingerprint density at radius 2 is 1.95 bits per heavy atom. The van der Waals surface area contributed by atoms with Crippen molar-refractivity contribution in [3.63, 3.8) is 0 Å². The summed E-state index contributed by atoms with van der Waals surface area (Å²) in [7, 11) is -3.56. The molecule has 21 heavy (non-hydrogen) atoms. The van der Waals surface area contributed by atoms with E-state index in [0.717, 1.165) is 5.56 Å². The number of rotatable bonds is 6. The molecule has 112 valence electrons. The van der Waals surface area contributed by atoms with Crippen molar-refractivity contribution in [3.8, 4) is 0 Å². The van der Waals surface area contributed by atoms with Crippen molar-refractivity contribution in [2.45, 2.75) is 24.3 Å². The van der Waals surface area contributed by atoms with Crippen molar-refractivity contribution in [3.05, 3.63) is 59.9 Å². The standard InChI is InChI=1S/C15H18N2O3S/c1-12(18)14-3-2-4-15(11-14)21(19,20)17-10-7-13-5-8-16-9-6-13/h2-6,8-9,11-12,17-18H,7,10H2,1H3. The molecule has 0 saturated heterocycles. The third-order valence-corrected chi connectivity index (χ3v) is 4.56. The van der Waals surface area contributed by atoms with Gasteiger partial charge in [-0.15, -0.1) is 0 Å². The second kappa shape index (κ2) is 6.80. The first-order valence-corrected chi connectivity index (χ1v) is 8.14. The predicted octanol–water partition coefficient (Wildman–Crippen LogP) is 1.66. The van der Waals surface area contributed by atoms with E-state index in [0.29, 0.717) is 18.5 Å². The maximum Gasteiger partial charge on any atom is 0.240 e. The average molecular weight is 306 g/mol. The Kier molecular flexibility index (Phi) is 5.06. The fourth-order valence-corrected chi connectivity index (χ4v) is 2.99. The molecule has 6 heteroatoms. The summed E-state index contributed by atoms with van der Waals surface area (Å²) >= 11 is 0. The Balaban J connectivity index is 2.03. The molecule has 0 radical (unpaired) electrons. The quantitative estimate of drug-likeness (QED) is 0.850. The van der Waals surface area contributed by atoms with Crippen molar-refractivity contribution in [2.24, 2.45) is 0 Å². The number of benzene rings is 1. The second-order valence-electron chi connectivity index (χ2n) is 4.75. The number of hydrogen-bond donors (Lipinski definition) is 2. The van der Waals surface area contributed by atoms with Gasteiger partial charge in [0.25, 0.3) is 0 Å². The molecule has 0 bridgehead atoms. The van der Waals surface area contributed by atoms with E-state index >= 15 is 0 Å². The van der Waals surface area contributed by atoms with Crippen LogP contribution in [0, 0.1) is 0 Å². The minimum atomic E-state index is -3.56. The van der Waals surface area contributed by atoms with Gasteiger partial charge in [0.15, 0.2) is 0 Å². The van der Waals surface area contributed by atoms with Gasteiger partial charge in [-0.2, -0.15) is 0 Å². The number of aromatic nitrogens is 1. The van der Waals surface area contributed by atoms with E-state index in [1.165, 1.54) is 12.1 Å². The molecule has 0 aliphatic carbocycles. The van der Waals surface area contributed by atoms with Gasteiger partial charge in [0.05, 0.1) is 11.0 Å². The van der Waals surface area contributed by atoms with Crippen LogP contribution >= 0.6 is 0 Å². The summed E-state index contributed by atoms with van der Waals surface area (Å²) in [4.78, 5) is 4.08. The van der Waals surface area contributed by atoms with E-state index in [-0.39, 0.29) is 4.90 Å². The van der Waals surface area contributed by atoms with Crippen LogP contribution in [0.15, 0.2) is 53.7 Å². The summed E-state index contributed by atoms with van der Waals surface area (Å²) in [6, 6.07) is 10.0. The van der Waals surface area contributed by atoms with Gasteiger partial charge < -0.3 is 5.11 Å². The van der Waals surface area contributed by atoms with E-state index in [1.807, 2.05) is 12.1 Å². The molecule has 2 aromatic rings. The van der Waals surface area contributed by atoms with Crippen molar-refractivity contribution in [1.82, 2.24) is 9.71 Å². The van der Waals surface area contributed by atoms with Gasteiger partial charge in [-0.1, -0.05) is 12.1 Å². The van der Waals surface area contributed by atoms with E-state index in [2.05, 4.69) is 9.71 Å². The van der Waals surface area contributed by atoms with E-state index in [9.17, 15) is 13.5 Å². The highest BCUT2D eigenvalue weighted by Gasteiger charge is 2.14. The molecule has 0 saturated carbocycles. The molecule has 0 fully saturated rings. The van der Waals surface area contributed by atoms with Gasteiger partial charge in [-0.3, -0.25) is 4.98 Å². The first kappa shape index (κ1) is 15.6. The van der Waals surface area contributed by atoms with Crippen LogP contribution in [0.25, 0.3) is 0 Å². The lowest BCUT2D eigenvalue weighted by atomic mass is 10.1. The fourth-order valence-electron chi connectivity index (χ4n) is 1.90. The summed E-state index contributed by atoms with van der Waals surface area (Å²) in [5.74, 6) is 0. The maximum absolute atomic E-state index is 12.2. The first-order valence-electron chi connectivity index (χ1n) is 6.65. The average Bonchev–Trinajstić information content (AvgIpc) is 2.48. The molecule has 0 aliphatic rings. The first-order chi connectivity index (χ1) is 9.99. The van der Waals surface area contributed by atoms with Gasteiger partial charge in [-0.05, 0) is 48.7 Å². The van der Waals surface area contributed by atoms with Crippen molar-refractivity contribution in [2.75, 3.05) is 6.54 Å². The lowest BCUT2D eigenvalue weighted by molar-refractivity contribution is 0.199. The highest BCUT2D eigenvalue weighted by atomic mass is 32.2. The molecule has 1 unspecified atom stereocenters. The highest BCUT2D eigenvalue weighted by molar-refractivity contribution is 7.89. The van der Waals surface area contributed by atoms with Gasteiger partial charge in [0, 0.05) is 18.9 Å². The highest BCUT2D eigenvalue weighted by Crippen LogP contribution is 2.17. The number of nitrogens with zero attached hydrogens (tertiary/aromatic N) is 1. The van der Waals surface area contributed by atoms with Crippen LogP contribution in [0.3, 0.4) is 0 Å². The molecule has 1 heterocycles. The molecule has 0 amide bonds. The molecule has 0 spiro atoms. The number of sulfonamides is 1. The molecule has 1 atom stereocenters. The normalized spacial score (nSPS) is 13.0. The van der Waals surface area contributed by atoms with Gasteiger partial charge in [0.2, 0.25) is 10.0 Å². The third kappa shape index (κ3) is 4.35. The lowest BCUT2D eigenvalue weighted by Crippen LogP contribution is -2.26. The minimum absolute atomic E-state index is 0.163. The number of aliphatic hydroxyl groups is 1. The van der Waals surface area contributed by atoms with E-state index in [1.54, 1.807) is 31.5 Å². The molecule has 1 aromatic heterocycles. The maximum atomic E-state index is 12.2. The van der Waals surface area contributed by atoms with Crippen LogP contribution < -0.4 is 4.72 Å². The van der Waals surface area contributed by atoms with Crippen molar-refractivity contribution >= 4 is 10.0 Å². The van der Waals surface area contributed by atoms with Crippen molar-refractivity contribution in [1.29, 1.82) is 0 Å². The van der Waals surface area contributed by atoms with Crippen LogP contribution in [0.2, 0.25) is 0 Å². The summed E-state index contributed by atoms with van der Waals surface area (Å²) in [5, 5.41) is 9.52. The fraction of sp³-hybridized carbons (Fsp3) is 0.267. The Hall–Kier alpha value is -1.76. The molecule has 2 rings (SSSR count). The molecule has 5 nitrogen and oxygen atoms in total. The Labute approximate surface area is 124 Å². The molecule has 0 aliphatic heterocycles. The summed E-state index contributed by atoms with van der Waals surface area (Å²) in [5.41, 5.74) is 1.59. The summed E-state index contributed by atoms with van der Waals surface area (Å²) in [6.07, 6.45) is 3.25. The van der Waals surface area contributed by atoms with E-state index < -0.39 is 16.1 Å². The smallest absolute Gasteiger partial charge is 0.240 e. The Bertz CT molecular complexity index is 685. The zero-order valence-corrected chi connectivity index (χ0v) is 12.5. The lowest BCUT2D eigenvalue weighted by Gasteiger charge is -2.09. The molecular formula is C15H18N2O3S. The predicted molar refractivity (Wildman–Crippen MR) is 80.2 cm³/mol. The zero-order valence-electron chi connectivity index (χ0n) is 11.7. The van der Waals surface area contributed by atoms with Crippen LogP contribution in [0.1, 0.15) is 24.2 Å². The molecule has 1 aromatic carbocycles. The second-order valence-corrected chi connectivity index (χ2v) is 6.52. The third-order valence-electron chi connectivity index (χ3n) is 3.11. The van der Waals surface area contributed by atoms with Crippen LogP contribution in [0.4, 0.5) is 0 Å². The van der Waals surface area contributed by atoms with E-state index in [4.69, 9.17) is 0 Å². The largest absolute Gasteiger partial charge is 0.389 e. The topological polar surface area (TPSA) is 79.3 Å². The summed E-state index contributed by atoms with van der Waals surface area (Å²) in [6.45, 7) is 1.91. The number of hydrogen-bond acceptors (Lipinski definition) is 4. The van der Waals surface area contributed by atoms with Crippen LogP contribution in [0.5, 0.6) is 0 Å². The number of pyridine rings is 1. The summed E-state index contributed by atoms with van der Waals surface area (Å²) < 4.78 is 26.9. The molecular weight excluding hydrogens is 288 g/mol. The van der Waals surface area contributed by atoms with Crippen LogP contribution in [-0.4, -0.2) is 25.1 Å². The van der Waals surface area contributed by atoms with Gasteiger partial charge >= 0.3 is 0 Å². The Morgan fingerprint density at radius 3 is 2.62 bits per heavy atom. The Morgan fingerprint density at radius 1 is 1.24 bits per heavy atom. The van der Waals surface area contributed by atoms with Gasteiger partial charge in [0.1, 0.15) is 0 Å². The number of nitrogens with one attached hydrogen (secondary N) is 1. The van der Waals surface area contributed by atoms with Crippen LogP contribution in [-0.2, 0) is 16.4 Å². The number of aliphatic hydroxyl groups excluding tert-OH is 1. The molecule has 2 N–H and O–H groups in total. The van der Waals surface area contributed by atoms with Gasteiger partial charge in [-0.25, -0.2) is 13.1 Å². The van der Waals surface area contributed by atoms with Crippen molar-refractivity contribution < 1.29 is 13.5 Å². The monoisotopic (exact) mass is 306 g/mol. The minimum Gasteiger partial charge on any atom is -0.389 e. The zero-order chi connectivity index (χ0) is 15.3.